The normalized spacial score (nSPS) is 17.0. The molecule has 4 aromatic rings. The summed E-state index contributed by atoms with van der Waals surface area (Å²) in [4.78, 5) is 68.8. The zero-order valence-corrected chi connectivity index (χ0v) is 45.5. The molecule has 7 rings (SSSR count). The lowest BCUT2D eigenvalue weighted by Crippen LogP contribution is -2.58. The van der Waals surface area contributed by atoms with Crippen LogP contribution in [0.4, 0.5) is 0 Å². The number of hydrogen-bond acceptors (Lipinski definition) is 12. The molecular formula is C57H80N8O9. The number of phenols is 1. The molecule has 402 valence electrons. The van der Waals surface area contributed by atoms with Crippen molar-refractivity contribution in [3.05, 3.63) is 71.5 Å². The summed E-state index contributed by atoms with van der Waals surface area (Å²) in [6, 6.07) is 15.0. The van der Waals surface area contributed by atoms with Crippen LogP contribution < -0.4 is 10.7 Å². The van der Waals surface area contributed by atoms with Crippen LogP contribution in [-0.2, 0) is 59.4 Å². The Hall–Kier alpha value is -6.16. The van der Waals surface area contributed by atoms with E-state index in [4.69, 9.17) is 24.4 Å². The van der Waals surface area contributed by atoms with Gasteiger partial charge in [-0.05, 0) is 137 Å². The first kappa shape index (κ1) is 58.7. The summed E-state index contributed by atoms with van der Waals surface area (Å²) in [7, 11) is 9.33. The topological polar surface area (TPSA) is 199 Å². The number of ether oxygens (including phenoxy) is 2. The zero-order valence-electron chi connectivity index (χ0n) is 45.5. The van der Waals surface area contributed by atoms with Crippen LogP contribution in [0.1, 0.15) is 84.0 Å². The fourth-order valence-electron chi connectivity index (χ4n) is 9.85. The van der Waals surface area contributed by atoms with Crippen molar-refractivity contribution in [2.45, 2.75) is 111 Å². The average molecular weight is 1020 g/mol. The summed E-state index contributed by atoms with van der Waals surface area (Å²) in [5.74, 6) is 5.29. The molecule has 0 spiro atoms. The third-order valence-corrected chi connectivity index (χ3v) is 14.4. The Morgan fingerprint density at radius 3 is 2.34 bits per heavy atom. The number of fused-ring (bicyclic) bond motifs is 1. The van der Waals surface area contributed by atoms with Crippen LogP contribution in [-0.4, -0.2) is 162 Å². The van der Waals surface area contributed by atoms with Gasteiger partial charge >= 0.3 is 0 Å². The standard InChI is InChI=1S/C43H60N6O4.C13H18N2O3.CH2O2/c1-10-43(5,6)26-35-34-25-30(16-17-38(34)48(11-2)40(35)33-15-14-18-44-37(33)27-53-9)31-21-29(22-32(50)24-31)23-36(42(52)49-20-13-12-19-45-49)46-41(51)39(28(3)4)47(7)8;1-14(2)13(9-18-10-13)5-3-12(17)15-6-4-11(7-15)8-16;2-1-3/h14-18,21-22,24-25,28,36,39,45,50H,10-13,19-20,23,26-27H2,1-9H3,(H,46,51);8,11H,4,6-7,9-10H2,1-2H3;1H,(H,2,3). The van der Waals surface area contributed by atoms with E-state index in [0.717, 1.165) is 83.8 Å². The molecule has 3 unspecified atom stereocenters. The highest BCUT2D eigenvalue weighted by atomic mass is 16.5. The number of pyridine rings is 1. The first-order chi connectivity index (χ1) is 35.3. The van der Waals surface area contributed by atoms with Gasteiger partial charge < -0.3 is 39.3 Å². The van der Waals surface area contributed by atoms with Crippen LogP contribution in [0.5, 0.6) is 5.75 Å². The molecule has 0 saturated carbocycles. The SMILES string of the molecule is CCn1c(-c2cccnc2COC)c(CC(C)(C)CC)c2cc(-c3cc(O)cc(CC(NC(=O)C(C(C)C)N(C)C)C(=O)N4CCCCN4)c3)ccc21.CN(C)C1(C#CC(=O)N2CCC(C=O)C2)COC1.O=CO. The van der Waals surface area contributed by atoms with Crippen LogP contribution in [0, 0.1) is 29.1 Å². The number of aromatic nitrogens is 2. The van der Waals surface area contributed by atoms with Gasteiger partial charge in [0.2, 0.25) is 5.91 Å². The minimum absolute atomic E-state index is 0.0226. The van der Waals surface area contributed by atoms with Crippen LogP contribution in [0.3, 0.4) is 0 Å². The summed E-state index contributed by atoms with van der Waals surface area (Å²) in [5.41, 5.74) is 11.1. The van der Waals surface area contributed by atoms with Crippen molar-refractivity contribution in [3.63, 3.8) is 0 Å². The summed E-state index contributed by atoms with van der Waals surface area (Å²) in [5, 5.41) is 23.9. The van der Waals surface area contributed by atoms with Gasteiger partial charge in [-0.2, -0.15) is 0 Å². The molecule has 74 heavy (non-hydrogen) atoms. The van der Waals surface area contributed by atoms with E-state index >= 15 is 0 Å². The second-order valence-electron chi connectivity index (χ2n) is 21.0. The Labute approximate surface area is 437 Å². The molecule has 0 aliphatic carbocycles. The number of hydrogen-bond donors (Lipinski definition) is 4. The number of amides is 3. The molecule has 3 aliphatic heterocycles. The molecule has 3 saturated heterocycles. The largest absolute Gasteiger partial charge is 0.508 e. The Balaban J connectivity index is 0.000000401. The highest BCUT2D eigenvalue weighted by molar-refractivity contribution is 5.96. The van der Waals surface area contributed by atoms with Crippen molar-refractivity contribution in [3.8, 4) is 40.0 Å². The lowest BCUT2D eigenvalue weighted by Gasteiger charge is -2.42. The molecule has 0 radical (unpaired) electrons. The second-order valence-corrected chi connectivity index (χ2v) is 21.0. The van der Waals surface area contributed by atoms with Crippen LogP contribution >= 0.6 is 0 Å². The number of carbonyl (C=O) groups excluding carboxylic acids is 4. The predicted molar refractivity (Wildman–Crippen MR) is 288 cm³/mol. The molecular weight excluding hydrogens is 941 g/mol. The van der Waals surface area contributed by atoms with Gasteiger partial charge in [0.05, 0.1) is 37.3 Å². The van der Waals surface area contributed by atoms with Gasteiger partial charge in [0, 0.05) is 74.8 Å². The first-order valence-electron chi connectivity index (χ1n) is 25.8. The average Bonchev–Trinajstić information content (AvgIpc) is 3.96. The number of phenolic OH excluding ortho intramolecular Hbond substituents is 1. The van der Waals surface area contributed by atoms with Crippen LogP contribution in [0.15, 0.2) is 54.7 Å². The Morgan fingerprint density at radius 2 is 1.77 bits per heavy atom. The summed E-state index contributed by atoms with van der Waals surface area (Å²) in [6.45, 7) is 17.5. The number of nitrogens with zero attached hydrogens (tertiary/aromatic N) is 6. The molecule has 3 aliphatic rings. The van der Waals surface area contributed by atoms with E-state index in [9.17, 15) is 24.3 Å². The first-order valence-corrected chi connectivity index (χ1v) is 25.8. The molecule has 4 N–H and O–H groups in total. The van der Waals surface area contributed by atoms with E-state index < -0.39 is 12.1 Å². The number of rotatable bonds is 17. The summed E-state index contributed by atoms with van der Waals surface area (Å²) in [6.07, 6.45) is 7.51. The number of aryl methyl sites for hydroxylation is 1. The van der Waals surface area contributed by atoms with Gasteiger partial charge in [-0.15, -0.1) is 0 Å². The summed E-state index contributed by atoms with van der Waals surface area (Å²) >= 11 is 0. The van der Waals surface area contributed by atoms with Gasteiger partial charge in [-0.3, -0.25) is 39.0 Å². The van der Waals surface area contributed by atoms with Crippen molar-refractivity contribution in [1.82, 2.24) is 40.0 Å². The highest BCUT2D eigenvalue weighted by Gasteiger charge is 2.40. The van der Waals surface area contributed by atoms with Crippen molar-refractivity contribution in [1.29, 1.82) is 0 Å². The van der Waals surface area contributed by atoms with E-state index in [1.807, 2.05) is 70.2 Å². The van der Waals surface area contributed by atoms with Gasteiger partial charge in [0.15, 0.2) is 0 Å². The van der Waals surface area contributed by atoms with Crippen molar-refractivity contribution in [2.24, 2.45) is 17.3 Å². The molecule has 17 nitrogen and oxygen atoms in total. The number of aldehydes is 1. The minimum atomic E-state index is -0.809. The monoisotopic (exact) mass is 1020 g/mol. The number of benzene rings is 2. The van der Waals surface area contributed by atoms with Crippen LogP contribution in [0.2, 0.25) is 0 Å². The molecule has 2 aromatic heterocycles. The number of carbonyl (C=O) groups is 5. The molecule has 3 amide bonds. The molecule has 3 atom stereocenters. The van der Waals surface area contributed by atoms with E-state index in [2.05, 4.69) is 79.1 Å². The zero-order chi connectivity index (χ0) is 54.3. The fourth-order valence-corrected chi connectivity index (χ4v) is 9.85. The highest BCUT2D eigenvalue weighted by Crippen LogP contribution is 2.42. The van der Waals surface area contributed by atoms with Gasteiger partial charge in [-0.1, -0.05) is 59.1 Å². The minimum Gasteiger partial charge on any atom is -0.508 e. The van der Waals surface area contributed by atoms with E-state index in [-0.39, 0.29) is 59.2 Å². The van der Waals surface area contributed by atoms with Gasteiger partial charge in [0.1, 0.15) is 23.6 Å². The Kier molecular flexibility index (Phi) is 21.3. The van der Waals surface area contributed by atoms with Crippen molar-refractivity contribution >= 4 is 41.4 Å². The maximum absolute atomic E-state index is 14.0. The smallest absolute Gasteiger partial charge is 0.298 e. The number of methoxy groups -OCH3 is 1. The number of nitrogens with one attached hydrogen (secondary N) is 2. The molecule has 0 bridgehead atoms. The van der Waals surface area contributed by atoms with Crippen molar-refractivity contribution in [2.75, 3.05) is 74.7 Å². The number of likely N-dealkylation sites (tertiary alicyclic amines) is 1. The third-order valence-electron chi connectivity index (χ3n) is 14.4. The van der Waals surface area contributed by atoms with E-state index in [0.29, 0.717) is 46.0 Å². The molecule has 3 fully saturated rings. The predicted octanol–water partition coefficient (Wildman–Crippen LogP) is 6.03. The molecule has 17 heteroatoms. The number of likely N-dealkylation sites (N-methyl/N-ethyl adjacent to an activating group) is 2. The lowest BCUT2D eigenvalue weighted by atomic mass is 9.81. The maximum atomic E-state index is 14.0. The third kappa shape index (κ3) is 14.6. The van der Waals surface area contributed by atoms with Gasteiger partial charge in [-0.25, -0.2) is 5.43 Å². The number of carboxylic acid groups (broad SMARTS) is 1. The molecule has 2 aromatic carbocycles. The molecule has 5 heterocycles. The van der Waals surface area contributed by atoms with E-state index in [1.165, 1.54) is 11.3 Å². The Morgan fingerprint density at radius 1 is 1.04 bits per heavy atom. The quantitative estimate of drug-likeness (QED) is 0.0707. The number of aromatic hydroxyl groups is 1. The number of hydrazine groups is 1. The fraction of sp³-hybridized carbons (Fsp3) is 0.544. The van der Waals surface area contributed by atoms with E-state index in [1.54, 1.807) is 29.2 Å². The van der Waals surface area contributed by atoms with Gasteiger partial charge in [0.25, 0.3) is 18.3 Å². The van der Waals surface area contributed by atoms with Crippen LogP contribution in [0.25, 0.3) is 33.3 Å². The lowest BCUT2D eigenvalue weighted by molar-refractivity contribution is -0.141. The second kappa shape index (κ2) is 26.9. The summed E-state index contributed by atoms with van der Waals surface area (Å²) < 4.78 is 13.1. The Bertz CT molecular complexity index is 2610. The maximum Gasteiger partial charge on any atom is 0.298 e. The van der Waals surface area contributed by atoms with Crippen molar-refractivity contribution < 1.29 is 43.7 Å².